The molecule has 1 unspecified atom stereocenters. The van der Waals surface area contributed by atoms with Gasteiger partial charge in [-0.05, 0) is 36.6 Å². The van der Waals surface area contributed by atoms with E-state index in [4.69, 9.17) is 0 Å². The van der Waals surface area contributed by atoms with Crippen molar-refractivity contribution < 1.29 is 13.5 Å². The summed E-state index contributed by atoms with van der Waals surface area (Å²) in [5, 5.41) is 3.42. The molecular formula is C17H19F2NO. The van der Waals surface area contributed by atoms with Gasteiger partial charge in [0.1, 0.15) is 5.75 Å². The normalized spacial score (nSPS) is 12.4. The first-order valence-electron chi connectivity index (χ1n) is 6.94. The number of nitrogens with one attached hydrogen (secondary N) is 1. The molecule has 112 valence electrons. The maximum atomic E-state index is 12.0. The second-order valence-corrected chi connectivity index (χ2v) is 4.99. The van der Waals surface area contributed by atoms with Crippen LogP contribution in [-0.2, 0) is 13.0 Å². The Hall–Kier alpha value is -1.94. The summed E-state index contributed by atoms with van der Waals surface area (Å²) in [6.45, 7) is 0.0457. The second kappa shape index (κ2) is 7.74. The van der Waals surface area contributed by atoms with Crippen molar-refractivity contribution in [3.63, 3.8) is 0 Å². The Balaban J connectivity index is 1.79. The summed E-state index contributed by atoms with van der Waals surface area (Å²) in [5.74, 6) is 0.186. The lowest BCUT2D eigenvalue weighted by molar-refractivity contribution is -0.0498. The fraction of sp³-hybridized carbons (Fsp3) is 0.294. The van der Waals surface area contributed by atoms with Gasteiger partial charge in [-0.1, -0.05) is 42.5 Å². The zero-order valence-corrected chi connectivity index (χ0v) is 11.9. The number of alkyl halides is 2. The maximum Gasteiger partial charge on any atom is 0.387 e. The molecule has 2 nitrogen and oxygen atoms in total. The van der Waals surface area contributed by atoms with Crippen molar-refractivity contribution in [3.05, 3.63) is 65.7 Å². The van der Waals surface area contributed by atoms with E-state index < -0.39 is 6.61 Å². The molecule has 2 aromatic rings. The molecule has 2 rings (SSSR count). The van der Waals surface area contributed by atoms with Crippen molar-refractivity contribution in [2.24, 2.45) is 0 Å². The van der Waals surface area contributed by atoms with Crippen LogP contribution in [0.2, 0.25) is 0 Å². The Bertz CT molecular complexity index is 528. The van der Waals surface area contributed by atoms with E-state index in [-0.39, 0.29) is 5.75 Å². The van der Waals surface area contributed by atoms with Crippen molar-refractivity contribution >= 4 is 0 Å². The first-order chi connectivity index (χ1) is 10.1. The van der Waals surface area contributed by atoms with Gasteiger partial charge >= 0.3 is 6.61 Å². The lowest BCUT2D eigenvalue weighted by Crippen LogP contribution is -2.27. The van der Waals surface area contributed by atoms with Crippen LogP contribution in [0.4, 0.5) is 8.78 Å². The van der Waals surface area contributed by atoms with Gasteiger partial charge in [0.15, 0.2) is 0 Å². The topological polar surface area (TPSA) is 21.3 Å². The third-order valence-electron chi connectivity index (χ3n) is 3.19. The smallest absolute Gasteiger partial charge is 0.387 e. The molecule has 2 aromatic carbocycles. The van der Waals surface area contributed by atoms with Gasteiger partial charge in [0.25, 0.3) is 0 Å². The lowest BCUT2D eigenvalue weighted by Gasteiger charge is -2.14. The maximum absolute atomic E-state index is 12.0. The molecule has 0 heterocycles. The predicted octanol–water partition coefficient (Wildman–Crippen LogP) is 4.01. The number of halogens is 2. The van der Waals surface area contributed by atoms with Gasteiger partial charge < -0.3 is 10.1 Å². The molecule has 0 aliphatic heterocycles. The van der Waals surface area contributed by atoms with Gasteiger partial charge in [-0.15, -0.1) is 0 Å². The molecule has 0 bridgehead atoms. The van der Waals surface area contributed by atoms with Gasteiger partial charge in [0, 0.05) is 12.6 Å². The summed E-state index contributed by atoms with van der Waals surface area (Å²) in [6.07, 6.45) is 0.952. The second-order valence-electron chi connectivity index (χ2n) is 4.99. The van der Waals surface area contributed by atoms with Crippen LogP contribution in [0.15, 0.2) is 54.6 Å². The lowest BCUT2D eigenvalue weighted by atomic mass is 10.1. The van der Waals surface area contributed by atoms with Crippen LogP contribution >= 0.6 is 0 Å². The van der Waals surface area contributed by atoms with E-state index in [1.807, 2.05) is 18.2 Å². The third-order valence-corrected chi connectivity index (χ3v) is 3.19. The average molecular weight is 291 g/mol. The van der Waals surface area contributed by atoms with E-state index in [0.717, 1.165) is 12.0 Å². The molecule has 0 aromatic heterocycles. The highest BCUT2D eigenvalue weighted by Crippen LogP contribution is 2.15. The van der Waals surface area contributed by atoms with Crippen molar-refractivity contribution in [1.29, 1.82) is 0 Å². The number of hydrogen-bond acceptors (Lipinski definition) is 2. The van der Waals surface area contributed by atoms with E-state index >= 15 is 0 Å². The Kier molecular flexibility index (Phi) is 5.69. The van der Waals surface area contributed by atoms with E-state index in [0.29, 0.717) is 12.6 Å². The minimum Gasteiger partial charge on any atom is -0.435 e. The molecule has 4 heteroatoms. The number of ether oxygens (including phenoxy) is 1. The molecule has 21 heavy (non-hydrogen) atoms. The molecule has 0 saturated heterocycles. The SMILES string of the molecule is CC(Cc1ccccc1)NCc1ccc(OC(F)F)cc1. The third kappa shape index (κ3) is 5.52. The largest absolute Gasteiger partial charge is 0.435 e. The highest BCUT2D eigenvalue weighted by molar-refractivity contribution is 5.27. The van der Waals surface area contributed by atoms with E-state index in [2.05, 4.69) is 29.1 Å². The van der Waals surface area contributed by atoms with Crippen LogP contribution < -0.4 is 10.1 Å². The first kappa shape index (κ1) is 15.4. The minimum absolute atomic E-state index is 0.186. The van der Waals surface area contributed by atoms with Crippen LogP contribution in [0.25, 0.3) is 0 Å². The summed E-state index contributed by atoms with van der Waals surface area (Å²) in [5.41, 5.74) is 2.33. The fourth-order valence-electron chi connectivity index (χ4n) is 2.12. The van der Waals surface area contributed by atoms with Gasteiger partial charge in [0.2, 0.25) is 0 Å². The summed E-state index contributed by atoms with van der Waals surface area (Å²) in [4.78, 5) is 0. The molecule has 0 fully saturated rings. The Morgan fingerprint density at radius 3 is 2.24 bits per heavy atom. The van der Waals surface area contributed by atoms with Gasteiger partial charge in [-0.3, -0.25) is 0 Å². The van der Waals surface area contributed by atoms with Crippen molar-refractivity contribution in [2.75, 3.05) is 0 Å². The standard InChI is InChI=1S/C17H19F2NO/c1-13(11-14-5-3-2-4-6-14)20-12-15-7-9-16(10-8-15)21-17(18)19/h2-10,13,17,20H,11-12H2,1H3. The molecule has 0 spiro atoms. The van der Waals surface area contributed by atoms with Crippen molar-refractivity contribution in [2.45, 2.75) is 32.5 Å². The van der Waals surface area contributed by atoms with Crippen LogP contribution in [0.3, 0.4) is 0 Å². The fourth-order valence-corrected chi connectivity index (χ4v) is 2.12. The molecular weight excluding hydrogens is 272 g/mol. The summed E-state index contributed by atoms with van der Waals surface area (Å²) in [6, 6.07) is 17.3. The molecule has 0 radical (unpaired) electrons. The Morgan fingerprint density at radius 2 is 1.62 bits per heavy atom. The van der Waals surface area contributed by atoms with Crippen LogP contribution in [0.5, 0.6) is 5.75 Å². The Labute approximate surface area is 123 Å². The average Bonchev–Trinajstić information content (AvgIpc) is 2.47. The number of rotatable bonds is 7. The van der Waals surface area contributed by atoms with Crippen molar-refractivity contribution in [1.82, 2.24) is 5.32 Å². The minimum atomic E-state index is -2.78. The van der Waals surface area contributed by atoms with Gasteiger partial charge in [-0.2, -0.15) is 8.78 Å². The molecule has 0 aliphatic carbocycles. The van der Waals surface area contributed by atoms with E-state index in [1.165, 1.54) is 5.56 Å². The zero-order chi connectivity index (χ0) is 15.1. The number of hydrogen-bond donors (Lipinski definition) is 1. The molecule has 1 atom stereocenters. The molecule has 0 saturated carbocycles. The van der Waals surface area contributed by atoms with Crippen LogP contribution in [-0.4, -0.2) is 12.7 Å². The quantitative estimate of drug-likeness (QED) is 0.832. The van der Waals surface area contributed by atoms with Crippen molar-refractivity contribution in [3.8, 4) is 5.75 Å². The summed E-state index contributed by atoms with van der Waals surface area (Å²) in [7, 11) is 0. The summed E-state index contributed by atoms with van der Waals surface area (Å²) >= 11 is 0. The summed E-state index contributed by atoms with van der Waals surface area (Å²) < 4.78 is 28.4. The van der Waals surface area contributed by atoms with E-state index in [1.54, 1.807) is 24.3 Å². The van der Waals surface area contributed by atoms with Crippen LogP contribution in [0.1, 0.15) is 18.1 Å². The van der Waals surface area contributed by atoms with Gasteiger partial charge in [0.05, 0.1) is 0 Å². The molecule has 0 amide bonds. The first-order valence-corrected chi connectivity index (χ1v) is 6.94. The van der Waals surface area contributed by atoms with E-state index in [9.17, 15) is 8.78 Å². The number of benzene rings is 2. The van der Waals surface area contributed by atoms with Crippen LogP contribution in [0, 0.1) is 0 Å². The highest BCUT2D eigenvalue weighted by Gasteiger charge is 2.05. The van der Waals surface area contributed by atoms with Gasteiger partial charge in [-0.25, -0.2) is 0 Å². The zero-order valence-electron chi connectivity index (χ0n) is 11.9. The highest BCUT2D eigenvalue weighted by atomic mass is 19.3. The predicted molar refractivity (Wildman–Crippen MR) is 79.5 cm³/mol. The Morgan fingerprint density at radius 1 is 0.952 bits per heavy atom. The monoisotopic (exact) mass is 291 g/mol. The molecule has 0 aliphatic rings. The molecule has 1 N–H and O–H groups in total.